The van der Waals surface area contributed by atoms with Gasteiger partial charge in [-0.2, -0.15) is 0 Å². The zero-order chi connectivity index (χ0) is 17.8. The Balaban J connectivity index is 1.49. The number of hydrogen-bond acceptors (Lipinski definition) is 3. The van der Waals surface area contributed by atoms with Crippen LogP contribution < -0.4 is 0 Å². The van der Waals surface area contributed by atoms with E-state index in [1.807, 2.05) is 65.5 Å². The van der Waals surface area contributed by atoms with E-state index in [2.05, 4.69) is 43.0 Å². The summed E-state index contributed by atoms with van der Waals surface area (Å²) < 4.78 is 2.76. The lowest BCUT2D eigenvalue weighted by atomic mass is 10.1. The van der Waals surface area contributed by atoms with Gasteiger partial charge >= 0.3 is 0 Å². The minimum atomic E-state index is 0.785. The average Bonchev–Trinajstić information content (AvgIpc) is 3.14. The van der Waals surface area contributed by atoms with Crippen molar-refractivity contribution in [3.63, 3.8) is 0 Å². The summed E-state index contributed by atoms with van der Waals surface area (Å²) in [7, 11) is 0. The molecule has 0 atom stereocenters. The number of aliphatic imine (C=N–C) groups is 1. The number of nitrogens with zero attached hydrogens (tertiary/aromatic N) is 4. The molecule has 0 unspecified atom stereocenters. The minimum Gasteiger partial charge on any atom is -0.294 e. The summed E-state index contributed by atoms with van der Waals surface area (Å²) in [5.74, 6) is 0. The SMILES string of the molecule is Brc1nccn1-c1ccc(/C=N/c2ccc(-c3ccncc3)cc2)cc1. The van der Waals surface area contributed by atoms with Crippen LogP contribution in [0, 0.1) is 0 Å². The Kier molecular flexibility index (Phi) is 4.71. The molecule has 0 radical (unpaired) electrons. The van der Waals surface area contributed by atoms with Gasteiger partial charge in [-0.25, -0.2) is 4.98 Å². The van der Waals surface area contributed by atoms with Crippen LogP contribution in [0.25, 0.3) is 16.8 Å². The molecule has 0 spiro atoms. The molecule has 4 aromatic rings. The van der Waals surface area contributed by atoms with E-state index in [0.29, 0.717) is 0 Å². The standard InChI is InChI=1S/C21H15BrN4/c22-21-24-13-14-26(21)20-7-1-16(2-8-20)15-25-19-5-3-17(4-6-19)18-9-11-23-12-10-18/h1-15H/b25-15+. The van der Waals surface area contributed by atoms with Crippen molar-refractivity contribution in [2.75, 3.05) is 0 Å². The first-order chi connectivity index (χ1) is 12.8. The van der Waals surface area contributed by atoms with Crippen LogP contribution >= 0.6 is 15.9 Å². The number of imidazole rings is 1. The Morgan fingerprint density at radius 2 is 1.50 bits per heavy atom. The Morgan fingerprint density at radius 3 is 2.15 bits per heavy atom. The van der Waals surface area contributed by atoms with E-state index in [1.165, 1.54) is 0 Å². The Hall–Kier alpha value is -3.05. The predicted octanol–water partition coefficient (Wildman–Crippen LogP) is 5.45. The molecular formula is C21H15BrN4. The Bertz CT molecular complexity index is 1020. The zero-order valence-corrected chi connectivity index (χ0v) is 15.4. The van der Waals surface area contributed by atoms with E-state index in [4.69, 9.17) is 0 Å². The first-order valence-electron chi connectivity index (χ1n) is 8.13. The van der Waals surface area contributed by atoms with Gasteiger partial charge in [-0.15, -0.1) is 0 Å². The van der Waals surface area contributed by atoms with Gasteiger partial charge in [0.05, 0.1) is 5.69 Å². The maximum Gasteiger partial charge on any atom is 0.181 e. The second-order valence-corrected chi connectivity index (χ2v) is 6.41. The fourth-order valence-electron chi connectivity index (χ4n) is 2.63. The van der Waals surface area contributed by atoms with Gasteiger partial charge in [-0.3, -0.25) is 14.5 Å². The summed E-state index contributed by atoms with van der Waals surface area (Å²) in [6.45, 7) is 0. The molecule has 0 aliphatic heterocycles. The summed E-state index contributed by atoms with van der Waals surface area (Å²) in [6.07, 6.45) is 9.14. The number of pyridine rings is 1. The van der Waals surface area contributed by atoms with Gasteiger partial charge in [-0.1, -0.05) is 24.3 Å². The van der Waals surface area contributed by atoms with Gasteiger partial charge in [0.25, 0.3) is 0 Å². The summed E-state index contributed by atoms with van der Waals surface area (Å²) >= 11 is 3.43. The molecule has 2 heterocycles. The largest absolute Gasteiger partial charge is 0.294 e. The normalized spacial score (nSPS) is 11.1. The molecular weight excluding hydrogens is 388 g/mol. The van der Waals surface area contributed by atoms with E-state index < -0.39 is 0 Å². The molecule has 0 amide bonds. The van der Waals surface area contributed by atoms with Crippen molar-refractivity contribution in [1.82, 2.24) is 14.5 Å². The number of aromatic nitrogens is 3. The third-order valence-corrected chi connectivity index (χ3v) is 4.60. The Morgan fingerprint density at radius 1 is 0.808 bits per heavy atom. The van der Waals surface area contributed by atoms with Crippen molar-refractivity contribution in [1.29, 1.82) is 0 Å². The molecule has 0 aliphatic rings. The molecule has 0 bridgehead atoms. The molecule has 2 aromatic heterocycles. The van der Waals surface area contributed by atoms with Crippen molar-refractivity contribution < 1.29 is 0 Å². The molecule has 126 valence electrons. The van der Waals surface area contributed by atoms with Crippen LogP contribution in [-0.2, 0) is 0 Å². The van der Waals surface area contributed by atoms with Crippen LogP contribution in [0.15, 0.2) is 95.2 Å². The maximum absolute atomic E-state index is 4.56. The lowest BCUT2D eigenvalue weighted by molar-refractivity contribution is 1.01. The monoisotopic (exact) mass is 402 g/mol. The van der Waals surface area contributed by atoms with Crippen LogP contribution in [0.5, 0.6) is 0 Å². The Labute approximate surface area is 160 Å². The average molecular weight is 403 g/mol. The third kappa shape index (κ3) is 3.63. The summed E-state index contributed by atoms with van der Waals surface area (Å²) in [6, 6.07) is 20.3. The predicted molar refractivity (Wildman–Crippen MR) is 108 cm³/mol. The smallest absolute Gasteiger partial charge is 0.181 e. The van der Waals surface area contributed by atoms with Crippen LogP contribution in [-0.4, -0.2) is 20.7 Å². The highest BCUT2D eigenvalue weighted by atomic mass is 79.9. The van der Waals surface area contributed by atoms with Crippen molar-refractivity contribution in [3.05, 3.63) is 95.7 Å². The fraction of sp³-hybridized carbons (Fsp3) is 0. The second kappa shape index (κ2) is 7.45. The van der Waals surface area contributed by atoms with Crippen LogP contribution in [0.2, 0.25) is 0 Å². The number of hydrogen-bond donors (Lipinski definition) is 0. The highest BCUT2D eigenvalue weighted by molar-refractivity contribution is 9.10. The highest BCUT2D eigenvalue weighted by Gasteiger charge is 2.01. The van der Waals surface area contributed by atoms with Gasteiger partial charge in [0, 0.05) is 36.7 Å². The van der Waals surface area contributed by atoms with Crippen LogP contribution in [0.3, 0.4) is 0 Å². The van der Waals surface area contributed by atoms with Crippen LogP contribution in [0.1, 0.15) is 5.56 Å². The lowest BCUT2D eigenvalue weighted by Gasteiger charge is -2.04. The van der Waals surface area contributed by atoms with Crippen molar-refractivity contribution >= 4 is 27.8 Å². The molecule has 5 heteroatoms. The van der Waals surface area contributed by atoms with Gasteiger partial charge in [0.2, 0.25) is 0 Å². The fourth-order valence-corrected chi connectivity index (χ4v) is 3.07. The molecule has 0 aliphatic carbocycles. The molecule has 4 rings (SSSR count). The second-order valence-electron chi connectivity index (χ2n) is 5.70. The van der Waals surface area contributed by atoms with Crippen molar-refractivity contribution in [2.45, 2.75) is 0 Å². The van der Waals surface area contributed by atoms with Gasteiger partial charge in [-0.05, 0) is 69.0 Å². The van der Waals surface area contributed by atoms with Gasteiger partial charge < -0.3 is 0 Å². The topological polar surface area (TPSA) is 43.1 Å². The molecule has 0 N–H and O–H groups in total. The molecule has 2 aromatic carbocycles. The zero-order valence-electron chi connectivity index (χ0n) is 13.8. The third-order valence-electron chi connectivity index (χ3n) is 4.01. The van der Waals surface area contributed by atoms with E-state index in [-0.39, 0.29) is 0 Å². The summed E-state index contributed by atoms with van der Waals surface area (Å²) in [5.41, 5.74) is 5.32. The number of benzene rings is 2. The first kappa shape index (κ1) is 16.4. The lowest BCUT2D eigenvalue weighted by Crippen LogP contribution is -1.92. The van der Waals surface area contributed by atoms with E-state index in [0.717, 1.165) is 32.8 Å². The summed E-state index contributed by atoms with van der Waals surface area (Å²) in [4.78, 5) is 12.8. The minimum absolute atomic E-state index is 0.785. The van der Waals surface area contributed by atoms with E-state index >= 15 is 0 Å². The summed E-state index contributed by atoms with van der Waals surface area (Å²) in [5, 5.41) is 0. The van der Waals surface area contributed by atoms with Gasteiger partial charge in [0.1, 0.15) is 0 Å². The van der Waals surface area contributed by atoms with Crippen LogP contribution in [0.4, 0.5) is 5.69 Å². The highest BCUT2D eigenvalue weighted by Crippen LogP contribution is 2.22. The molecule has 4 nitrogen and oxygen atoms in total. The van der Waals surface area contributed by atoms with E-state index in [1.54, 1.807) is 18.6 Å². The first-order valence-corrected chi connectivity index (χ1v) is 8.93. The number of rotatable bonds is 4. The quantitative estimate of drug-likeness (QED) is 0.426. The van der Waals surface area contributed by atoms with Gasteiger partial charge in [0.15, 0.2) is 4.73 Å². The number of halogens is 1. The molecule has 0 saturated heterocycles. The molecule has 0 saturated carbocycles. The van der Waals surface area contributed by atoms with Crippen molar-refractivity contribution in [2.24, 2.45) is 4.99 Å². The molecule has 0 fully saturated rings. The molecule has 26 heavy (non-hydrogen) atoms. The maximum atomic E-state index is 4.56. The van der Waals surface area contributed by atoms with Crippen molar-refractivity contribution in [3.8, 4) is 16.8 Å². The van der Waals surface area contributed by atoms with E-state index in [9.17, 15) is 0 Å².